The van der Waals surface area contributed by atoms with Crippen LogP contribution in [0.1, 0.15) is 10.4 Å². The minimum atomic E-state index is -3.85. The Kier molecular flexibility index (Phi) is 5.59. The Hall–Kier alpha value is -2.56. The molecule has 0 spiro atoms. The van der Waals surface area contributed by atoms with E-state index in [1.807, 2.05) is 0 Å². The first-order valence-corrected chi connectivity index (χ1v) is 8.74. The van der Waals surface area contributed by atoms with Crippen LogP contribution in [0.5, 0.6) is 5.75 Å². The van der Waals surface area contributed by atoms with E-state index in [1.165, 1.54) is 26.2 Å². The van der Waals surface area contributed by atoms with Crippen LogP contribution in [0.25, 0.3) is 0 Å². The minimum absolute atomic E-state index is 0.133. The zero-order valence-corrected chi connectivity index (χ0v) is 15.0. The number of carbonyl (C=O) groups excluding carboxylic acids is 1. The Morgan fingerprint density at radius 2 is 1.88 bits per heavy atom. The maximum Gasteiger partial charge on any atom is 0.345 e. The van der Waals surface area contributed by atoms with Gasteiger partial charge in [0.2, 0.25) is 15.8 Å². The number of hydrogen-bond donors (Lipinski definition) is 0. The third kappa shape index (κ3) is 3.98. The molecule has 0 unspecified atom stereocenters. The van der Waals surface area contributed by atoms with Crippen molar-refractivity contribution in [3.63, 3.8) is 0 Å². The summed E-state index contributed by atoms with van der Waals surface area (Å²) in [6.45, 7) is 0. The van der Waals surface area contributed by atoms with Crippen molar-refractivity contribution >= 4 is 33.3 Å². The number of nitro groups is 1. The molecule has 0 N–H and O–H groups in total. The standard InChI is InChI=1S/C15H12ClFN2O6S/c1-18(2)26(23,24)10-4-5-12(16)11(8-10)15(20)25-14-7-9(17)3-6-13(14)19(21)22/h3-8H,1-2H3. The number of rotatable bonds is 5. The van der Waals surface area contributed by atoms with Gasteiger partial charge in [-0.3, -0.25) is 10.1 Å². The van der Waals surface area contributed by atoms with Gasteiger partial charge in [-0.05, 0) is 24.3 Å². The highest BCUT2D eigenvalue weighted by molar-refractivity contribution is 7.89. The molecule has 2 aromatic carbocycles. The van der Waals surface area contributed by atoms with Crippen LogP contribution in [0.3, 0.4) is 0 Å². The summed E-state index contributed by atoms with van der Waals surface area (Å²) >= 11 is 5.90. The average Bonchev–Trinajstić information content (AvgIpc) is 2.54. The topological polar surface area (TPSA) is 107 Å². The van der Waals surface area contributed by atoms with Crippen molar-refractivity contribution in [1.82, 2.24) is 4.31 Å². The van der Waals surface area contributed by atoms with E-state index in [-0.39, 0.29) is 15.5 Å². The second kappa shape index (κ2) is 7.36. The second-order valence-corrected chi connectivity index (χ2v) is 7.75. The van der Waals surface area contributed by atoms with Gasteiger partial charge >= 0.3 is 11.7 Å². The number of sulfonamides is 1. The summed E-state index contributed by atoms with van der Waals surface area (Å²) in [5.74, 6) is -2.65. The molecule has 8 nitrogen and oxygen atoms in total. The molecular weight excluding hydrogens is 391 g/mol. The van der Waals surface area contributed by atoms with Crippen LogP contribution >= 0.6 is 11.6 Å². The molecule has 2 rings (SSSR count). The number of esters is 1. The molecule has 0 bridgehead atoms. The van der Waals surface area contributed by atoms with Gasteiger partial charge in [0.15, 0.2) is 0 Å². The first-order valence-electron chi connectivity index (χ1n) is 6.92. The van der Waals surface area contributed by atoms with Gasteiger partial charge in [-0.25, -0.2) is 21.9 Å². The highest BCUT2D eigenvalue weighted by Gasteiger charge is 2.24. The predicted molar refractivity (Wildman–Crippen MR) is 90.3 cm³/mol. The molecule has 0 heterocycles. The molecule has 26 heavy (non-hydrogen) atoms. The maximum absolute atomic E-state index is 13.3. The Morgan fingerprint density at radius 3 is 2.46 bits per heavy atom. The van der Waals surface area contributed by atoms with Crippen LogP contribution in [0.15, 0.2) is 41.3 Å². The number of nitro benzene ring substituents is 1. The molecule has 0 aliphatic carbocycles. The predicted octanol–water partition coefficient (Wildman–Crippen LogP) is 2.86. The lowest BCUT2D eigenvalue weighted by atomic mass is 10.2. The normalized spacial score (nSPS) is 11.4. The number of carbonyl (C=O) groups is 1. The van der Waals surface area contributed by atoms with E-state index in [0.29, 0.717) is 6.07 Å². The maximum atomic E-state index is 13.3. The third-order valence-electron chi connectivity index (χ3n) is 3.26. The summed E-state index contributed by atoms with van der Waals surface area (Å²) in [6.07, 6.45) is 0. The van der Waals surface area contributed by atoms with E-state index in [9.17, 15) is 27.7 Å². The molecule has 0 aliphatic heterocycles. The van der Waals surface area contributed by atoms with E-state index in [4.69, 9.17) is 16.3 Å². The lowest BCUT2D eigenvalue weighted by molar-refractivity contribution is -0.385. The van der Waals surface area contributed by atoms with Crippen LogP contribution in [-0.4, -0.2) is 37.7 Å². The van der Waals surface area contributed by atoms with Gasteiger partial charge in [0.25, 0.3) is 0 Å². The summed E-state index contributed by atoms with van der Waals surface area (Å²) in [7, 11) is -1.24. The number of ether oxygens (including phenoxy) is 1. The number of halogens is 2. The Balaban J connectivity index is 2.46. The molecule has 0 saturated carbocycles. The molecule has 138 valence electrons. The third-order valence-corrected chi connectivity index (χ3v) is 5.40. The summed E-state index contributed by atoms with van der Waals surface area (Å²) < 4.78 is 43.4. The SMILES string of the molecule is CN(C)S(=O)(=O)c1ccc(Cl)c(C(=O)Oc2cc(F)ccc2[N+](=O)[O-])c1. The van der Waals surface area contributed by atoms with Gasteiger partial charge in [-0.2, -0.15) is 0 Å². The van der Waals surface area contributed by atoms with Gasteiger partial charge in [-0.15, -0.1) is 0 Å². The molecule has 0 atom stereocenters. The highest BCUT2D eigenvalue weighted by atomic mass is 35.5. The van der Waals surface area contributed by atoms with Gasteiger partial charge < -0.3 is 4.74 Å². The van der Waals surface area contributed by atoms with E-state index in [1.54, 1.807) is 0 Å². The lowest BCUT2D eigenvalue weighted by Gasteiger charge is -2.13. The fourth-order valence-corrected chi connectivity index (χ4v) is 3.03. The van der Waals surface area contributed by atoms with Crippen molar-refractivity contribution in [2.45, 2.75) is 4.90 Å². The van der Waals surface area contributed by atoms with Crippen LogP contribution in [0, 0.1) is 15.9 Å². The summed E-state index contributed by atoms with van der Waals surface area (Å²) in [6, 6.07) is 5.70. The minimum Gasteiger partial charge on any atom is -0.415 e. The van der Waals surface area contributed by atoms with E-state index < -0.39 is 38.2 Å². The second-order valence-electron chi connectivity index (χ2n) is 5.19. The van der Waals surface area contributed by atoms with Crippen LogP contribution in [0.4, 0.5) is 10.1 Å². The molecule has 0 aromatic heterocycles. The van der Waals surface area contributed by atoms with Gasteiger partial charge in [0, 0.05) is 26.2 Å². The summed E-state index contributed by atoms with van der Waals surface area (Å²) in [4.78, 5) is 22.2. The first-order chi connectivity index (χ1) is 12.0. The fraction of sp³-hybridized carbons (Fsp3) is 0.133. The van der Waals surface area contributed by atoms with Crippen LogP contribution in [0.2, 0.25) is 5.02 Å². The molecule has 11 heteroatoms. The fourth-order valence-electron chi connectivity index (χ4n) is 1.91. The van der Waals surface area contributed by atoms with E-state index >= 15 is 0 Å². The average molecular weight is 403 g/mol. The number of hydrogen-bond acceptors (Lipinski definition) is 6. The zero-order chi connectivity index (χ0) is 19.6. The van der Waals surface area contributed by atoms with Crippen molar-refractivity contribution < 1.29 is 27.3 Å². The summed E-state index contributed by atoms with van der Waals surface area (Å²) in [5.41, 5.74) is -0.971. The zero-order valence-electron chi connectivity index (χ0n) is 13.5. The van der Waals surface area contributed by atoms with Crippen molar-refractivity contribution in [2.75, 3.05) is 14.1 Å². The largest absolute Gasteiger partial charge is 0.415 e. The lowest BCUT2D eigenvalue weighted by Crippen LogP contribution is -2.22. The summed E-state index contributed by atoms with van der Waals surface area (Å²) in [5, 5.41) is 10.8. The van der Waals surface area contributed by atoms with Crippen LogP contribution in [-0.2, 0) is 10.0 Å². The first kappa shape index (κ1) is 19.8. The van der Waals surface area contributed by atoms with Crippen LogP contribution < -0.4 is 4.74 Å². The van der Waals surface area contributed by atoms with Gasteiger partial charge in [0.1, 0.15) is 5.82 Å². The van der Waals surface area contributed by atoms with E-state index in [2.05, 4.69) is 0 Å². The smallest absolute Gasteiger partial charge is 0.345 e. The molecule has 2 aromatic rings. The quantitative estimate of drug-likeness (QED) is 0.329. The van der Waals surface area contributed by atoms with E-state index in [0.717, 1.165) is 22.5 Å². The molecular formula is C15H12ClFN2O6S. The van der Waals surface area contributed by atoms with Crippen molar-refractivity contribution in [3.8, 4) is 5.75 Å². The van der Waals surface area contributed by atoms with Gasteiger partial charge in [0.05, 0.1) is 20.4 Å². The Bertz CT molecular complexity index is 994. The van der Waals surface area contributed by atoms with Gasteiger partial charge in [-0.1, -0.05) is 11.6 Å². The van der Waals surface area contributed by atoms with Crippen molar-refractivity contribution in [2.24, 2.45) is 0 Å². The highest BCUT2D eigenvalue weighted by Crippen LogP contribution is 2.30. The molecule has 0 amide bonds. The van der Waals surface area contributed by atoms with Crippen molar-refractivity contribution in [1.29, 1.82) is 0 Å². The Morgan fingerprint density at radius 1 is 1.23 bits per heavy atom. The molecule has 0 aliphatic rings. The number of benzene rings is 2. The molecule has 0 radical (unpaired) electrons. The molecule has 0 fully saturated rings. The monoisotopic (exact) mass is 402 g/mol. The Labute approximate surface area is 153 Å². The number of nitrogens with zero attached hydrogens (tertiary/aromatic N) is 2. The van der Waals surface area contributed by atoms with Crippen molar-refractivity contribution in [3.05, 3.63) is 62.9 Å². The molecule has 0 saturated heterocycles.